The molecule has 1 aliphatic rings. The van der Waals surface area contributed by atoms with Crippen molar-refractivity contribution >= 4 is 23.6 Å². The molecule has 0 aromatic heterocycles. The molecule has 0 radical (unpaired) electrons. The fraction of sp³-hybridized carbons (Fsp3) is 0.833. The Balaban J connectivity index is 2.70. The molecule has 1 heterocycles. The van der Waals surface area contributed by atoms with Gasteiger partial charge in [0.2, 0.25) is 11.8 Å². The van der Waals surface area contributed by atoms with Crippen molar-refractivity contribution in [1.82, 2.24) is 10.2 Å². The molecular formula is C12H22N2O2S. The predicted molar refractivity (Wildman–Crippen MR) is 70.9 cm³/mol. The largest absolute Gasteiger partial charge is 0.342 e. The van der Waals surface area contributed by atoms with Gasteiger partial charge in [-0.05, 0) is 18.6 Å². The fourth-order valence-electron chi connectivity index (χ4n) is 1.91. The Morgan fingerprint density at radius 3 is 2.59 bits per heavy atom. The van der Waals surface area contributed by atoms with E-state index >= 15 is 0 Å². The second-order valence-electron chi connectivity index (χ2n) is 4.63. The highest BCUT2D eigenvalue weighted by molar-refractivity contribution is 7.99. The van der Waals surface area contributed by atoms with Gasteiger partial charge in [0.15, 0.2) is 0 Å². The fourth-order valence-corrected chi connectivity index (χ4v) is 2.52. The number of amides is 2. The lowest BCUT2D eigenvalue weighted by Crippen LogP contribution is -2.64. The minimum atomic E-state index is -0.356. The van der Waals surface area contributed by atoms with Crippen molar-refractivity contribution in [2.75, 3.05) is 18.1 Å². The van der Waals surface area contributed by atoms with E-state index in [2.05, 4.69) is 12.2 Å². The smallest absolute Gasteiger partial charge is 0.246 e. The van der Waals surface area contributed by atoms with Crippen LogP contribution in [-0.2, 0) is 9.59 Å². The summed E-state index contributed by atoms with van der Waals surface area (Å²) in [7, 11) is 0. The maximum absolute atomic E-state index is 12.2. The van der Waals surface area contributed by atoms with Gasteiger partial charge in [-0.15, -0.1) is 0 Å². The summed E-state index contributed by atoms with van der Waals surface area (Å²) in [5.41, 5.74) is 0. The first kappa shape index (κ1) is 14.4. The Labute approximate surface area is 108 Å². The van der Waals surface area contributed by atoms with Crippen LogP contribution in [0.15, 0.2) is 0 Å². The monoisotopic (exact) mass is 258 g/mol. The number of piperazine rings is 1. The van der Waals surface area contributed by atoms with E-state index in [0.717, 1.165) is 11.5 Å². The summed E-state index contributed by atoms with van der Waals surface area (Å²) in [5, 5.41) is 2.80. The molecule has 1 rings (SSSR count). The standard InChI is InChI=1S/C12H22N2O2S/c1-5-17-7-6-14-9(4)11(15)13-10(8(2)3)12(14)16/h8-10H,5-7H2,1-4H3,(H,13,15). The maximum Gasteiger partial charge on any atom is 0.246 e. The summed E-state index contributed by atoms with van der Waals surface area (Å²) in [6.07, 6.45) is 0. The van der Waals surface area contributed by atoms with Crippen LogP contribution in [0.25, 0.3) is 0 Å². The number of hydrogen-bond donors (Lipinski definition) is 1. The van der Waals surface area contributed by atoms with Gasteiger partial charge in [0.05, 0.1) is 0 Å². The van der Waals surface area contributed by atoms with Crippen LogP contribution in [-0.4, -0.2) is 46.8 Å². The molecule has 98 valence electrons. The third-order valence-electron chi connectivity index (χ3n) is 3.04. The molecule has 17 heavy (non-hydrogen) atoms. The first-order valence-corrected chi connectivity index (χ1v) is 7.33. The zero-order valence-corrected chi connectivity index (χ0v) is 11.8. The predicted octanol–water partition coefficient (Wildman–Crippen LogP) is 1.11. The third kappa shape index (κ3) is 3.37. The summed E-state index contributed by atoms with van der Waals surface area (Å²) in [6.45, 7) is 8.46. The number of carbonyl (C=O) groups excluding carboxylic acids is 2. The average molecular weight is 258 g/mol. The summed E-state index contributed by atoms with van der Waals surface area (Å²) >= 11 is 1.79. The van der Waals surface area contributed by atoms with E-state index < -0.39 is 0 Å². The number of rotatable bonds is 5. The Kier molecular flexibility index (Phi) is 5.31. The van der Waals surface area contributed by atoms with Crippen molar-refractivity contribution in [2.24, 2.45) is 5.92 Å². The van der Waals surface area contributed by atoms with Crippen molar-refractivity contribution in [3.63, 3.8) is 0 Å². The first-order chi connectivity index (χ1) is 7.99. The lowest BCUT2D eigenvalue weighted by molar-refractivity contribution is -0.149. The molecular weight excluding hydrogens is 236 g/mol. The SMILES string of the molecule is CCSCCN1C(=O)C(C(C)C)NC(=O)C1C. The number of nitrogens with zero attached hydrogens (tertiary/aromatic N) is 1. The van der Waals surface area contributed by atoms with Crippen LogP contribution in [0.2, 0.25) is 0 Å². The number of carbonyl (C=O) groups is 2. The van der Waals surface area contributed by atoms with Crippen LogP contribution in [0.3, 0.4) is 0 Å². The molecule has 0 aromatic rings. The van der Waals surface area contributed by atoms with Gasteiger partial charge in [-0.3, -0.25) is 9.59 Å². The Morgan fingerprint density at radius 1 is 1.41 bits per heavy atom. The van der Waals surface area contributed by atoms with Gasteiger partial charge < -0.3 is 10.2 Å². The molecule has 0 aliphatic carbocycles. The highest BCUT2D eigenvalue weighted by atomic mass is 32.2. The summed E-state index contributed by atoms with van der Waals surface area (Å²) in [4.78, 5) is 25.7. The van der Waals surface area contributed by atoms with Crippen molar-refractivity contribution in [3.8, 4) is 0 Å². The van der Waals surface area contributed by atoms with Crippen LogP contribution < -0.4 is 5.32 Å². The van der Waals surface area contributed by atoms with E-state index in [1.54, 1.807) is 23.6 Å². The van der Waals surface area contributed by atoms with Gasteiger partial charge in [-0.1, -0.05) is 20.8 Å². The summed E-state index contributed by atoms with van der Waals surface area (Å²) in [6, 6.07) is -0.694. The third-order valence-corrected chi connectivity index (χ3v) is 3.92. The van der Waals surface area contributed by atoms with Crippen molar-refractivity contribution in [3.05, 3.63) is 0 Å². The molecule has 1 fully saturated rings. The lowest BCUT2D eigenvalue weighted by Gasteiger charge is -2.38. The van der Waals surface area contributed by atoms with E-state index in [1.165, 1.54) is 0 Å². The maximum atomic E-state index is 12.2. The van der Waals surface area contributed by atoms with Gasteiger partial charge in [0, 0.05) is 12.3 Å². The van der Waals surface area contributed by atoms with Gasteiger partial charge in [-0.25, -0.2) is 0 Å². The topological polar surface area (TPSA) is 49.4 Å². The van der Waals surface area contributed by atoms with E-state index in [1.807, 2.05) is 13.8 Å². The number of thioether (sulfide) groups is 1. The van der Waals surface area contributed by atoms with Crippen molar-refractivity contribution in [2.45, 2.75) is 39.8 Å². The van der Waals surface area contributed by atoms with Gasteiger partial charge in [0.25, 0.3) is 0 Å². The second kappa shape index (κ2) is 6.28. The van der Waals surface area contributed by atoms with Crippen LogP contribution >= 0.6 is 11.8 Å². The normalized spacial score (nSPS) is 25.4. The number of nitrogens with one attached hydrogen (secondary N) is 1. The highest BCUT2D eigenvalue weighted by Crippen LogP contribution is 2.16. The van der Waals surface area contributed by atoms with Crippen LogP contribution in [0, 0.1) is 5.92 Å². The Bertz CT molecular complexity index is 294. The molecule has 5 heteroatoms. The van der Waals surface area contributed by atoms with Crippen molar-refractivity contribution < 1.29 is 9.59 Å². The van der Waals surface area contributed by atoms with E-state index in [4.69, 9.17) is 0 Å². The molecule has 0 bridgehead atoms. The van der Waals surface area contributed by atoms with E-state index in [0.29, 0.717) is 6.54 Å². The van der Waals surface area contributed by atoms with Crippen molar-refractivity contribution in [1.29, 1.82) is 0 Å². The summed E-state index contributed by atoms with van der Waals surface area (Å²) < 4.78 is 0. The average Bonchev–Trinajstić information content (AvgIpc) is 2.28. The first-order valence-electron chi connectivity index (χ1n) is 6.17. The molecule has 2 atom stereocenters. The van der Waals surface area contributed by atoms with Gasteiger partial charge in [-0.2, -0.15) is 11.8 Å². The second-order valence-corrected chi connectivity index (χ2v) is 6.03. The Hall–Kier alpha value is -0.710. The molecule has 4 nitrogen and oxygen atoms in total. The molecule has 0 aromatic carbocycles. The Morgan fingerprint density at radius 2 is 2.06 bits per heavy atom. The quantitative estimate of drug-likeness (QED) is 0.752. The molecule has 2 amide bonds. The molecule has 0 spiro atoms. The summed E-state index contributed by atoms with van der Waals surface area (Å²) in [5.74, 6) is 2.09. The molecule has 1 saturated heterocycles. The minimum absolute atomic E-state index is 0.0372. The van der Waals surface area contributed by atoms with Gasteiger partial charge >= 0.3 is 0 Å². The zero-order chi connectivity index (χ0) is 13.0. The van der Waals surface area contributed by atoms with E-state index in [9.17, 15) is 9.59 Å². The molecule has 0 saturated carbocycles. The van der Waals surface area contributed by atoms with Gasteiger partial charge in [0.1, 0.15) is 12.1 Å². The molecule has 1 aliphatic heterocycles. The van der Waals surface area contributed by atoms with E-state index in [-0.39, 0.29) is 29.8 Å². The van der Waals surface area contributed by atoms with Crippen LogP contribution in [0.5, 0.6) is 0 Å². The highest BCUT2D eigenvalue weighted by Gasteiger charge is 2.38. The number of hydrogen-bond acceptors (Lipinski definition) is 3. The van der Waals surface area contributed by atoms with Crippen LogP contribution in [0.4, 0.5) is 0 Å². The minimum Gasteiger partial charge on any atom is -0.342 e. The molecule has 2 unspecified atom stereocenters. The van der Waals surface area contributed by atoms with Crippen LogP contribution in [0.1, 0.15) is 27.7 Å². The zero-order valence-electron chi connectivity index (χ0n) is 11.0. The molecule has 1 N–H and O–H groups in total. The lowest BCUT2D eigenvalue weighted by atomic mass is 9.98.